The van der Waals surface area contributed by atoms with Crippen LogP contribution in [-0.4, -0.2) is 23.1 Å². The fourth-order valence-electron chi connectivity index (χ4n) is 2.33. The maximum Gasteiger partial charge on any atom is 0.137 e. The van der Waals surface area contributed by atoms with Gasteiger partial charge in [-0.3, -0.25) is 0 Å². The molecule has 0 bridgehead atoms. The molecular formula is C12H17Cl2N3. The average Bonchev–Trinajstić information content (AvgIpc) is 2.74. The summed E-state index contributed by atoms with van der Waals surface area (Å²) in [5.74, 6) is 0.681. The van der Waals surface area contributed by atoms with E-state index in [9.17, 15) is 0 Å². The zero-order valence-corrected chi connectivity index (χ0v) is 11.1. The highest BCUT2D eigenvalue weighted by atomic mass is 35.5. The Morgan fingerprint density at radius 3 is 2.65 bits per heavy atom. The zero-order chi connectivity index (χ0) is 10.1. The van der Waals surface area contributed by atoms with Crippen molar-refractivity contribution in [3.05, 3.63) is 30.1 Å². The molecule has 0 radical (unpaired) electrons. The van der Waals surface area contributed by atoms with Crippen LogP contribution in [-0.2, 0) is 0 Å². The maximum absolute atomic E-state index is 4.33. The highest BCUT2D eigenvalue weighted by Crippen LogP contribution is 2.26. The average molecular weight is 274 g/mol. The molecule has 94 valence electrons. The number of piperidine rings is 1. The standard InChI is InChI=1S/C12H15N3.2ClH/c1-2-10-8-11(15-12(10)14-5-1)9-3-6-13-7-4-9;;/h1-2,5,8-9,13H,3-4,6-7H2,(H,14,15);2*1H. The Bertz CT molecular complexity index is 430. The molecule has 3 rings (SSSR count). The Morgan fingerprint density at radius 1 is 1.18 bits per heavy atom. The van der Waals surface area contributed by atoms with Crippen LogP contribution in [0.3, 0.4) is 0 Å². The predicted molar refractivity (Wildman–Crippen MR) is 75.4 cm³/mol. The highest BCUT2D eigenvalue weighted by Gasteiger charge is 2.16. The Balaban J connectivity index is 0.000000722. The first-order chi connectivity index (χ1) is 7.43. The molecule has 0 saturated carbocycles. The van der Waals surface area contributed by atoms with Gasteiger partial charge in [0.1, 0.15) is 5.65 Å². The van der Waals surface area contributed by atoms with Crippen molar-refractivity contribution in [2.45, 2.75) is 18.8 Å². The van der Waals surface area contributed by atoms with E-state index >= 15 is 0 Å². The van der Waals surface area contributed by atoms with Gasteiger partial charge in [-0.15, -0.1) is 24.8 Å². The molecular weight excluding hydrogens is 257 g/mol. The fraction of sp³-hybridized carbons (Fsp3) is 0.417. The largest absolute Gasteiger partial charge is 0.343 e. The van der Waals surface area contributed by atoms with E-state index in [0.29, 0.717) is 5.92 Å². The summed E-state index contributed by atoms with van der Waals surface area (Å²) in [6.45, 7) is 2.26. The van der Waals surface area contributed by atoms with Crippen molar-refractivity contribution >= 4 is 35.8 Å². The number of halogens is 2. The van der Waals surface area contributed by atoms with Crippen LogP contribution >= 0.6 is 24.8 Å². The quantitative estimate of drug-likeness (QED) is 0.839. The lowest BCUT2D eigenvalue weighted by molar-refractivity contribution is 0.455. The summed E-state index contributed by atoms with van der Waals surface area (Å²) in [5, 5.41) is 4.62. The number of H-pyrrole nitrogens is 1. The summed E-state index contributed by atoms with van der Waals surface area (Å²) in [4.78, 5) is 7.75. The smallest absolute Gasteiger partial charge is 0.137 e. The van der Waals surface area contributed by atoms with Gasteiger partial charge in [0.15, 0.2) is 0 Å². The second-order valence-corrected chi connectivity index (χ2v) is 4.19. The van der Waals surface area contributed by atoms with Gasteiger partial charge in [0.2, 0.25) is 0 Å². The lowest BCUT2D eigenvalue weighted by Crippen LogP contribution is -2.26. The molecule has 2 aromatic heterocycles. The van der Waals surface area contributed by atoms with Crippen molar-refractivity contribution in [1.29, 1.82) is 0 Å². The number of pyridine rings is 1. The third kappa shape index (κ3) is 2.92. The summed E-state index contributed by atoms with van der Waals surface area (Å²) in [7, 11) is 0. The van der Waals surface area contributed by atoms with E-state index in [0.717, 1.165) is 18.7 Å². The number of aromatic amines is 1. The predicted octanol–water partition coefficient (Wildman–Crippen LogP) is 2.87. The van der Waals surface area contributed by atoms with E-state index in [1.807, 2.05) is 12.3 Å². The first-order valence-electron chi connectivity index (χ1n) is 5.58. The van der Waals surface area contributed by atoms with E-state index < -0.39 is 0 Å². The van der Waals surface area contributed by atoms with Gasteiger partial charge in [0, 0.05) is 23.2 Å². The second kappa shape index (κ2) is 6.24. The van der Waals surface area contributed by atoms with E-state index in [4.69, 9.17) is 0 Å². The summed E-state index contributed by atoms with van der Waals surface area (Å²) in [5.41, 5.74) is 2.37. The zero-order valence-electron chi connectivity index (χ0n) is 9.48. The van der Waals surface area contributed by atoms with Crippen molar-refractivity contribution < 1.29 is 0 Å². The normalized spacial score (nSPS) is 16.2. The molecule has 0 amide bonds. The molecule has 0 atom stereocenters. The molecule has 17 heavy (non-hydrogen) atoms. The van der Waals surface area contributed by atoms with E-state index in [-0.39, 0.29) is 24.8 Å². The summed E-state index contributed by atoms with van der Waals surface area (Å²) >= 11 is 0. The van der Waals surface area contributed by atoms with Gasteiger partial charge in [0.05, 0.1) is 0 Å². The molecule has 0 spiro atoms. The lowest BCUT2D eigenvalue weighted by Gasteiger charge is -2.21. The molecule has 3 heterocycles. The Kier molecular flexibility index (Phi) is 5.25. The molecule has 1 aliphatic heterocycles. The molecule has 0 aromatic carbocycles. The summed E-state index contributed by atoms with van der Waals surface area (Å²) < 4.78 is 0. The molecule has 3 nitrogen and oxygen atoms in total. The molecule has 1 saturated heterocycles. The third-order valence-electron chi connectivity index (χ3n) is 3.19. The highest BCUT2D eigenvalue weighted by molar-refractivity contribution is 5.85. The van der Waals surface area contributed by atoms with Crippen LogP contribution in [0.15, 0.2) is 24.4 Å². The number of hydrogen-bond donors (Lipinski definition) is 2. The van der Waals surface area contributed by atoms with Gasteiger partial charge in [-0.2, -0.15) is 0 Å². The van der Waals surface area contributed by atoms with Crippen molar-refractivity contribution in [2.75, 3.05) is 13.1 Å². The van der Waals surface area contributed by atoms with Crippen molar-refractivity contribution in [2.24, 2.45) is 0 Å². The summed E-state index contributed by atoms with van der Waals surface area (Å²) in [6.07, 6.45) is 4.30. The number of fused-ring (bicyclic) bond motifs is 1. The van der Waals surface area contributed by atoms with Crippen LogP contribution in [0.25, 0.3) is 11.0 Å². The SMILES string of the molecule is Cl.Cl.c1cnc2[nH]c(C3CCNCC3)cc2c1. The van der Waals surface area contributed by atoms with Crippen LogP contribution < -0.4 is 5.32 Å². The van der Waals surface area contributed by atoms with Gasteiger partial charge in [-0.25, -0.2) is 4.98 Å². The van der Waals surface area contributed by atoms with E-state index in [1.165, 1.54) is 23.9 Å². The van der Waals surface area contributed by atoms with Gasteiger partial charge in [-0.1, -0.05) is 0 Å². The van der Waals surface area contributed by atoms with Crippen molar-refractivity contribution in [3.63, 3.8) is 0 Å². The number of nitrogens with zero attached hydrogens (tertiary/aromatic N) is 1. The first-order valence-corrected chi connectivity index (χ1v) is 5.58. The minimum absolute atomic E-state index is 0. The van der Waals surface area contributed by atoms with E-state index in [2.05, 4.69) is 27.4 Å². The Labute approximate surface area is 113 Å². The number of rotatable bonds is 1. The van der Waals surface area contributed by atoms with Gasteiger partial charge in [0.25, 0.3) is 0 Å². The van der Waals surface area contributed by atoms with Crippen LogP contribution in [0.4, 0.5) is 0 Å². The number of hydrogen-bond acceptors (Lipinski definition) is 2. The Morgan fingerprint density at radius 2 is 1.94 bits per heavy atom. The monoisotopic (exact) mass is 273 g/mol. The minimum atomic E-state index is 0. The third-order valence-corrected chi connectivity index (χ3v) is 3.19. The molecule has 1 fully saturated rings. The Hall–Kier alpha value is -0.770. The summed E-state index contributed by atoms with van der Waals surface area (Å²) in [6, 6.07) is 6.35. The van der Waals surface area contributed by atoms with Gasteiger partial charge in [-0.05, 0) is 44.1 Å². The van der Waals surface area contributed by atoms with Crippen LogP contribution in [0, 0.1) is 0 Å². The van der Waals surface area contributed by atoms with Crippen LogP contribution in [0.2, 0.25) is 0 Å². The topological polar surface area (TPSA) is 40.7 Å². The van der Waals surface area contributed by atoms with Crippen molar-refractivity contribution in [1.82, 2.24) is 15.3 Å². The maximum atomic E-state index is 4.33. The number of nitrogens with one attached hydrogen (secondary N) is 2. The van der Waals surface area contributed by atoms with Gasteiger partial charge >= 0.3 is 0 Å². The fourth-order valence-corrected chi connectivity index (χ4v) is 2.33. The van der Waals surface area contributed by atoms with Crippen LogP contribution in [0.5, 0.6) is 0 Å². The minimum Gasteiger partial charge on any atom is -0.343 e. The molecule has 5 heteroatoms. The molecule has 1 aliphatic rings. The second-order valence-electron chi connectivity index (χ2n) is 4.19. The van der Waals surface area contributed by atoms with Gasteiger partial charge < -0.3 is 10.3 Å². The molecule has 0 aliphatic carbocycles. The molecule has 2 N–H and O–H groups in total. The van der Waals surface area contributed by atoms with Crippen LogP contribution in [0.1, 0.15) is 24.5 Å². The lowest BCUT2D eigenvalue weighted by atomic mass is 9.95. The van der Waals surface area contributed by atoms with E-state index in [1.54, 1.807) is 0 Å². The van der Waals surface area contributed by atoms with Crippen molar-refractivity contribution in [3.8, 4) is 0 Å². The molecule has 2 aromatic rings. The number of aromatic nitrogens is 2. The first kappa shape index (κ1) is 14.3. The molecule has 0 unspecified atom stereocenters.